The topological polar surface area (TPSA) is 26.3 Å². The van der Waals surface area contributed by atoms with E-state index in [0.29, 0.717) is 0 Å². The summed E-state index contributed by atoms with van der Waals surface area (Å²) in [5, 5.41) is 0. The minimum atomic E-state index is 0.0532. The monoisotopic (exact) mass is 156 g/mol. The molecule has 1 saturated carbocycles. The Kier molecular flexibility index (Phi) is 2.92. The van der Waals surface area contributed by atoms with Crippen LogP contribution in [0.25, 0.3) is 0 Å². The van der Waals surface area contributed by atoms with Gasteiger partial charge in [0.25, 0.3) is 0 Å². The van der Waals surface area contributed by atoms with Crippen LogP contribution in [-0.2, 0) is 9.53 Å². The summed E-state index contributed by atoms with van der Waals surface area (Å²) in [6, 6.07) is 0. The van der Waals surface area contributed by atoms with Gasteiger partial charge in [0.15, 0.2) is 0 Å². The van der Waals surface area contributed by atoms with Gasteiger partial charge in [0.05, 0.1) is 5.92 Å². The fourth-order valence-corrected chi connectivity index (χ4v) is 1.68. The Morgan fingerprint density at radius 2 is 1.73 bits per heavy atom. The molecule has 1 aliphatic carbocycles. The molecule has 2 heteroatoms. The van der Waals surface area contributed by atoms with Crippen molar-refractivity contribution in [3.63, 3.8) is 0 Å². The molecule has 3 rings (SSSR count). The van der Waals surface area contributed by atoms with Crippen LogP contribution in [0.3, 0.4) is 0 Å². The van der Waals surface area contributed by atoms with Crippen molar-refractivity contribution in [2.24, 2.45) is 5.92 Å². The van der Waals surface area contributed by atoms with Gasteiger partial charge < -0.3 is 4.74 Å². The van der Waals surface area contributed by atoms with Crippen LogP contribution in [0.2, 0.25) is 0 Å². The minimum Gasteiger partial charge on any atom is -0.462 e. The molecule has 0 atom stereocenters. The quantitative estimate of drug-likeness (QED) is 0.502. The second-order valence-corrected chi connectivity index (χ2v) is 2.91. The second-order valence-electron chi connectivity index (χ2n) is 2.91. The molecule has 3 fully saturated rings. The first-order chi connectivity index (χ1) is 5.36. The summed E-state index contributed by atoms with van der Waals surface area (Å²) in [5.41, 5.74) is 0. The molecule has 0 unspecified atom stereocenters. The van der Waals surface area contributed by atoms with Gasteiger partial charge in [-0.1, -0.05) is 13.8 Å². The van der Waals surface area contributed by atoms with E-state index < -0.39 is 0 Å². The van der Waals surface area contributed by atoms with E-state index in [4.69, 9.17) is 4.74 Å². The molecule has 0 radical (unpaired) electrons. The number of hydrogen-bond donors (Lipinski definition) is 0. The largest absolute Gasteiger partial charge is 0.462 e. The molecular formula is C9H16O2. The van der Waals surface area contributed by atoms with Crippen molar-refractivity contribution in [3.05, 3.63) is 0 Å². The van der Waals surface area contributed by atoms with E-state index in [2.05, 4.69) is 0 Å². The van der Waals surface area contributed by atoms with Crippen LogP contribution >= 0.6 is 0 Å². The molecular weight excluding hydrogens is 140 g/mol. The zero-order valence-electron chi connectivity index (χ0n) is 7.30. The fraction of sp³-hybridized carbons (Fsp3) is 0.889. The van der Waals surface area contributed by atoms with Gasteiger partial charge >= 0.3 is 5.97 Å². The van der Waals surface area contributed by atoms with Crippen LogP contribution in [-0.4, -0.2) is 12.1 Å². The SMILES string of the molecule is CC.O=C1OC2CCC1CC2. The van der Waals surface area contributed by atoms with Gasteiger partial charge in [-0.3, -0.25) is 4.79 Å². The molecule has 0 N–H and O–H groups in total. The van der Waals surface area contributed by atoms with Crippen molar-refractivity contribution in [2.75, 3.05) is 0 Å². The predicted octanol–water partition coefficient (Wildman–Crippen LogP) is 2.13. The first-order valence-corrected chi connectivity index (χ1v) is 4.57. The molecule has 11 heavy (non-hydrogen) atoms. The minimum absolute atomic E-state index is 0.0532. The molecule has 2 nitrogen and oxygen atoms in total. The number of carbonyl (C=O) groups excluding carboxylic acids is 1. The Bertz CT molecular complexity index is 134. The van der Waals surface area contributed by atoms with Gasteiger partial charge in [0.2, 0.25) is 0 Å². The molecule has 0 aromatic heterocycles. The van der Waals surface area contributed by atoms with Gasteiger partial charge in [-0.15, -0.1) is 0 Å². The van der Waals surface area contributed by atoms with Gasteiger partial charge in [-0.2, -0.15) is 0 Å². The fourth-order valence-electron chi connectivity index (χ4n) is 1.68. The second kappa shape index (κ2) is 3.74. The third-order valence-corrected chi connectivity index (χ3v) is 2.29. The molecule has 2 heterocycles. The highest BCUT2D eigenvalue weighted by atomic mass is 16.5. The lowest BCUT2D eigenvalue weighted by molar-refractivity contribution is -0.168. The van der Waals surface area contributed by atoms with E-state index in [9.17, 15) is 4.79 Å². The van der Waals surface area contributed by atoms with Gasteiger partial charge in [-0.05, 0) is 25.7 Å². The van der Waals surface area contributed by atoms with Gasteiger partial charge in [-0.25, -0.2) is 0 Å². The summed E-state index contributed by atoms with van der Waals surface area (Å²) in [4.78, 5) is 10.8. The molecule has 0 amide bonds. The molecule has 2 saturated heterocycles. The van der Waals surface area contributed by atoms with E-state index in [0.717, 1.165) is 25.7 Å². The summed E-state index contributed by atoms with van der Waals surface area (Å²) in [6.07, 6.45) is 4.64. The molecule has 64 valence electrons. The maximum absolute atomic E-state index is 10.8. The van der Waals surface area contributed by atoms with E-state index >= 15 is 0 Å². The lowest BCUT2D eigenvalue weighted by Crippen LogP contribution is -2.37. The molecule has 3 aliphatic rings. The summed E-state index contributed by atoms with van der Waals surface area (Å²) >= 11 is 0. The summed E-state index contributed by atoms with van der Waals surface area (Å²) in [5.74, 6) is 0.313. The third-order valence-electron chi connectivity index (χ3n) is 2.29. The number of hydrogen-bond acceptors (Lipinski definition) is 2. The van der Waals surface area contributed by atoms with Crippen LogP contribution in [0.4, 0.5) is 0 Å². The Hall–Kier alpha value is -0.530. The maximum atomic E-state index is 10.8. The molecule has 0 spiro atoms. The van der Waals surface area contributed by atoms with E-state index in [1.54, 1.807) is 0 Å². The predicted molar refractivity (Wildman–Crippen MR) is 43.2 cm³/mol. The summed E-state index contributed by atoms with van der Waals surface area (Å²) < 4.78 is 5.05. The van der Waals surface area contributed by atoms with E-state index in [1.807, 2.05) is 13.8 Å². The summed E-state index contributed by atoms with van der Waals surface area (Å²) in [7, 11) is 0. The highest BCUT2D eigenvalue weighted by Gasteiger charge is 2.35. The standard InChI is InChI=1S/C7H10O2.C2H6/c8-7-5-1-3-6(9-7)4-2-5;1-2/h5-6H,1-4H2;1-2H3. The highest BCUT2D eigenvalue weighted by Crippen LogP contribution is 2.33. The van der Waals surface area contributed by atoms with Crippen LogP contribution in [0.5, 0.6) is 0 Å². The molecule has 2 aliphatic heterocycles. The van der Waals surface area contributed by atoms with E-state index in [-0.39, 0.29) is 18.0 Å². The highest BCUT2D eigenvalue weighted by molar-refractivity contribution is 5.74. The van der Waals surface area contributed by atoms with Crippen molar-refractivity contribution in [1.82, 2.24) is 0 Å². The average molecular weight is 156 g/mol. The van der Waals surface area contributed by atoms with Crippen molar-refractivity contribution in [1.29, 1.82) is 0 Å². The first kappa shape index (κ1) is 8.57. The number of fused-ring (bicyclic) bond motifs is 3. The Labute approximate surface area is 67.9 Å². The lowest BCUT2D eigenvalue weighted by Gasteiger charge is -2.34. The van der Waals surface area contributed by atoms with E-state index in [1.165, 1.54) is 0 Å². The van der Waals surface area contributed by atoms with Gasteiger partial charge in [0.1, 0.15) is 6.10 Å². The molecule has 0 aromatic carbocycles. The normalized spacial score (nSPS) is 33.8. The molecule has 0 aromatic rings. The Morgan fingerprint density at radius 3 is 1.91 bits per heavy atom. The molecule has 2 bridgehead atoms. The van der Waals surface area contributed by atoms with Crippen LogP contribution in [0.15, 0.2) is 0 Å². The van der Waals surface area contributed by atoms with Crippen molar-refractivity contribution in [3.8, 4) is 0 Å². The van der Waals surface area contributed by atoms with Crippen molar-refractivity contribution >= 4 is 5.97 Å². The summed E-state index contributed by atoms with van der Waals surface area (Å²) in [6.45, 7) is 4.00. The van der Waals surface area contributed by atoms with Crippen LogP contribution in [0.1, 0.15) is 39.5 Å². The lowest BCUT2D eigenvalue weighted by atomic mass is 9.84. The average Bonchev–Trinajstić information content (AvgIpc) is 2.10. The third kappa shape index (κ3) is 1.73. The number of ether oxygens (including phenoxy) is 1. The number of rotatable bonds is 0. The zero-order chi connectivity index (χ0) is 8.27. The smallest absolute Gasteiger partial charge is 0.309 e. The maximum Gasteiger partial charge on any atom is 0.309 e. The Balaban J connectivity index is 0.000000281. The van der Waals surface area contributed by atoms with Crippen molar-refractivity contribution in [2.45, 2.75) is 45.6 Å². The Morgan fingerprint density at radius 1 is 1.18 bits per heavy atom. The number of esters is 1. The number of carbonyl (C=O) groups is 1. The zero-order valence-corrected chi connectivity index (χ0v) is 7.30. The van der Waals surface area contributed by atoms with Crippen LogP contribution < -0.4 is 0 Å². The first-order valence-electron chi connectivity index (χ1n) is 4.57. The van der Waals surface area contributed by atoms with Crippen molar-refractivity contribution < 1.29 is 9.53 Å². The van der Waals surface area contributed by atoms with Gasteiger partial charge in [0, 0.05) is 0 Å². The van der Waals surface area contributed by atoms with Crippen LogP contribution in [0, 0.1) is 5.92 Å².